The van der Waals surface area contributed by atoms with Crippen LogP contribution in [0.4, 0.5) is 14.9 Å². The van der Waals surface area contributed by atoms with Gasteiger partial charge in [0.05, 0.1) is 23.4 Å². The highest BCUT2D eigenvalue weighted by molar-refractivity contribution is 7.92. The lowest BCUT2D eigenvalue weighted by molar-refractivity contribution is 0.194. The lowest BCUT2D eigenvalue weighted by Crippen LogP contribution is -2.29. The maximum Gasteiger partial charge on any atom is 0.414 e. The molecule has 24 heavy (non-hydrogen) atoms. The lowest BCUT2D eigenvalue weighted by Gasteiger charge is -2.09. The average Bonchev–Trinajstić information content (AvgIpc) is 2.55. The molecule has 1 heterocycles. The Hall–Kier alpha value is -2.72. The van der Waals surface area contributed by atoms with Gasteiger partial charge in [0.15, 0.2) is 0 Å². The van der Waals surface area contributed by atoms with E-state index in [4.69, 9.17) is 9.84 Å². The summed E-state index contributed by atoms with van der Waals surface area (Å²) in [4.78, 5) is 15.0. The minimum atomic E-state index is -3.88. The number of aliphatic hydroxyl groups excluding tert-OH is 1. The van der Waals surface area contributed by atoms with Crippen LogP contribution in [-0.2, 0) is 10.0 Å². The van der Waals surface area contributed by atoms with Gasteiger partial charge >= 0.3 is 6.09 Å². The molecule has 0 unspecified atom stereocenters. The van der Waals surface area contributed by atoms with Crippen molar-refractivity contribution in [2.24, 2.45) is 0 Å². The number of carbonyl (C=O) groups excluding carboxylic acids is 1. The van der Waals surface area contributed by atoms with Crippen LogP contribution in [0, 0.1) is 5.82 Å². The second-order valence-corrected chi connectivity index (χ2v) is 6.17. The molecule has 1 amide bonds. The number of halogens is 1. The first-order chi connectivity index (χ1) is 11.4. The van der Waals surface area contributed by atoms with Crippen LogP contribution in [0.1, 0.15) is 0 Å². The summed E-state index contributed by atoms with van der Waals surface area (Å²) in [7, 11) is -3.88. The van der Waals surface area contributed by atoms with Crippen molar-refractivity contribution in [3.63, 3.8) is 0 Å². The molecule has 0 fully saturated rings. The van der Waals surface area contributed by atoms with E-state index in [0.717, 1.165) is 30.5 Å². The van der Waals surface area contributed by atoms with Crippen LogP contribution in [-0.4, -0.2) is 37.8 Å². The van der Waals surface area contributed by atoms with Gasteiger partial charge in [-0.1, -0.05) is 0 Å². The highest BCUT2D eigenvalue weighted by Crippen LogP contribution is 2.17. The number of aliphatic hydroxyl groups is 1. The molecule has 0 aliphatic carbocycles. The summed E-state index contributed by atoms with van der Waals surface area (Å²) in [6, 6.07) is 6.98. The summed E-state index contributed by atoms with van der Waals surface area (Å²) in [6.07, 6.45) is 0.367. The molecule has 1 aromatic heterocycles. The third kappa shape index (κ3) is 4.89. The molecular formula is C14H14FN3O5S. The molecule has 0 saturated heterocycles. The van der Waals surface area contributed by atoms with E-state index in [0.29, 0.717) is 0 Å². The van der Waals surface area contributed by atoms with Crippen LogP contribution in [0.2, 0.25) is 0 Å². The molecule has 10 heteroatoms. The second kappa shape index (κ2) is 7.70. The number of carbonyl (C=O) groups is 1. The third-order valence-electron chi connectivity index (χ3n) is 2.69. The minimum Gasteiger partial charge on any atom is -0.395 e. The zero-order chi connectivity index (χ0) is 17.6. The summed E-state index contributed by atoms with van der Waals surface area (Å²) in [5.41, 5.74) is 0.141. The number of pyridine rings is 1. The van der Waals surface area contributed by atoms with Crippen molar-refractivity contribution < 1.29 is 27.4 Å². The number of aromatic nitrogens is 1. The number of hydrogen-bond donors (Lipinski definition) is 3. The number of nitrogens with zero attached hydrogens (tertiary/aromatic N) is 1. The highest BCUT2D eigenvalue weighted by Gasteiger charge is 2.14. The summed E-state index contributed by atoms with van der Waals surface area (Å²) < 4.78 is 44.1. The summed E-state index contributed by atoms with van der Waals surface area (Å²) >= 11 is 0. The Balaban J connectivity index is 2.03. The fourth-order valence-electron chi connectivity index (χ4n) is 1.62. The van der Waals surface area contributed by atoms with E-state index in [1.807, 2.05) is 0 Å². The summed E-state index contributed by atoms with van der Waals surface area (Å²) in [5.74, 6) is -0.591. The van der Waals surface area contributed by atoms with Crippen LogP contribution >= 0.6 is 0 Å². The zero-order valence-electron chi connectivity index (χ0n) is 12.3. The van der Waals surface area contributed by atoms with Crippen LogP contribution < -0.4 is 14.8 Å². The fourth-order valence-corrected chi connectivity index (χ4v) is 2.66. The Bertz CT molecular complexity index is 794. The van der Waals surface area contributed by atoms with Crippen LogP contribution in [0.25, 0.3) is 0 Å². The predicted molar refractivity (Wildman–Crippen MR) is 82.6 cm³/mol. The number of sulfonamides is 1. The van der Waals surface area contributed by atoms with Gasteiger partial charge < -0.3 is 15.2 Å². The molecule has 0 saturated carbocycles. The Morgan fingerprint density at radius 1 is 1.21 bits per heavy atom. The van der Waals surface area contributed by atoms with Gasteiger partial charge in [-0.05, 0) is 30.3 Å². The second-order valence-electron chi connectivity index (χ2n) is 4.48. The van der Waals surface area contributed by atoms with Gasteiger partial charge in [0, 0.05) is 12.6 Å². The first-order valence-corrected chi connectivity index (χ1v) is 8.20. The molecule has 0 spiro atoms. The summed E-state index contributed by atoms with van der Waals surface area (Å²) in [5, 5.41) is 10.8. The van der Waals surface area contributed by atoms with Crippen molar-refractivity contribution in [2.45, 2.75) is 4.90 Å². The van der Waals surface area contributed by atoms with Gasteiger partial charge in [-0.15, -0.1) is 0 Å². The van der Waals surface area contributed by atoms with Crippen molar-refractivity contribution in [3.05, 3.63) is 48.4 Å². The molecule has 0 radical (unpaired) electrons. The number of amides is 1. The van der Waals surface area contributed by atoms with Crippen molar-refractivity contribution in [2.75, 3.05) is 17.9 Å². The number of rotatable bonds is 6. The van der Waals surface area contributed by atoms with E-state index in [9.17, 15) is 17.6 Å². The number of benzene rings is 1. The number of ether oxygens (including phenoxy) is 1. The van der Waals surface area contributed by atoms with Crippen molar-refractivity contribution >= 4 is 21.8 Å². The number of hydrogen-bond acceptors (Lipinski definition) is 6. The van der Waals surface area contributed by atoms with E-state index in [1.165, 1.54) is 12.1 Å². The first-order valence-electron chi connectivity index (χ1n) is 6.72. The Kier molecular flexibility index (Phi) is 5.66. The number of nitrogens with one attached hydrogen (secondary N) is 2. The van der Waals surface area contributed by atoms with Crippen LogP contribution in [0.5, 0.6) is 5.88 Å². The molecule has 8 nitrogen and oxygen atoms in total. The molecule has 3 N–H and O–H groups in total. The van der Waals surface area contributed by atoms with Crippen molar-refractivity contribution in [1.29, 1.82) is 0 Å². The van der Waals surface area contributed by atoms with Crippen LogP contribution in [0.15, 0.2) is 47.5 Å². The van der Waals surface area contributed by atoms with E-state index < -0.39 is 21.9 Å². The largest absolute Gasteiger partial charge is 0.414 e. The van der Waals surface area contributed by atoms with Crippen LogP contribution in [0.3, 0.4) is 0 Å². The molecule has 2 aromatic rings. The zero-order valence-corrected chi connectivity index (χ0v) is 13.1. The molecule has 128 valence electrons. The lowest BCUT2D eigenvalue weighted by atomic mass is 10.4. The summed E-state index contributed by atoms with van der Waals surface area (Å²) in [6.45, 7) is -0.193. The van der Waals surface area contributed by atoms with Gasteiger partial charge in [0.2, 0.25) is 5.88 Å². The Labute approximate surface area is 137 Å². The quantitative estimate of drug-likeness (QED) is 0.714. The van der Waals surface area contributed by atoms with Gasteiger partial charge in [0.25, 0.3) is 10.0 Å². The van der Waals surface area contributed by atoms with Gasteiger partial charge in [-0.3, -0.25) is 4.72 Å². The molecule has 0 bridgehead atoms. The van der Waals surface area contributed by atoms with Gasteiger partial charge in [-0.25, -0.2) is 22.6 Å². The highest BCUT2D eigenvalue weighted by atomic mass is 32.2. The minimum absolute atomic E-state index is 0.0361. The Morgan fingerprint density at radius 3 is 2.50 bits per heavy atom. The predicted octanol–water partition coefficient (Wildman–Crippen LogP) is 1.10. The van der Waals surface area contributed by atoms with E-state index >= 15 is 0 Å². The fraction of sp³-hybridized carbons (Fsp3) is 0.143. The normalized spacial score (nSPS) is 10.9. The standard InChI is InChI=1S/C14H14FN3O5S/c15-10-1-4-12(5-2-10)24(21,22)18-11-3-6-13(17-9-11)23-14(20)16-7-8-19/h1-6,9,18-19H,7-8H2,(H,16,20). The maximum atomic E-state index is 12.8. The third-order valence-corrected chi connectivity index (χ3v) is 4.09. The smallest absolute Gasteiger partial charge is 0.395 e. The monoisotopic (exact) mass is 355 g/mol. The SMILES string of the molecule is O=C(NCCO)Oc1ccc(NS(=O)(=O)c2ccc(F)cc2)cn1. The van der Waals surface area contributed by atoms with Crippen molar-refractivity contribution in [1.82, 2.24) is 10.3 Å². The molecular weight excluding hydrogens is 341 g/mol. The van der Waals surface area contributed by atoms with Crippen molar-refractivity contribution in [3.8, 4) is 5.88 Å². The molecule has 0 aliphatic heterocycles. The van der Waals surface area contributed by atoms with E-state index in [1.54, 1.807) is 0 Å². The molecule has 1 aromatic carbocycles. The first kappa shape index (κ1) is 17.6. The van der Waals surface area contributed by atoms with E-state index in [-0.39, 0.29) is 29.6 Å². The average molecular weight is 355 g/mol. The van der Waals surface area contributed by atoms with E-state index in [2.05, 4.69) is 15.0 Å². The number of anilines is 1. The molecule has 0 atom stereocenters. The van der Waals surface area contributed by atoms with Gasteiger partial charge in [0.1, 0.15) is 5.82 Å². The topological polar surface area (TPSA) is 118 Å². The maximum absolute atomic E-state index is 12.8. The Morgan fingerprint density at radius 2 is 1.92 bits per heavy atom. The molecule has 2 rings (SSSR count). The van der Waals surface area contributed by atoms with Gasteiger partial charge in [-0.2, -0.15) is 0 Å². The molecule has 0 aliphatic rings.